The van der Waals surface area contributed by atoms with Crippen molar-refractivity contribution in [2.45, 2.75) is 46.3 Å². The summed E-state index contributed by atoms with van der Waals surface area (Å²) < 4.78 is 1.22. The van der Waals surface area contributed by atoms with Crippen LogP contribution in [-0.4, -0.2) is 24.5 Å². The van der Waals surface area contributed by atoms with Gasteiger partial charge in [0.15, 0.2) is 0 Å². The Balaban J connectivity index is 2.67. The molecule has 1 aromatic carbocycles. The van der Waals surface area contributed by atoms with Crippen molar-refractivity contribution in [1.29, 1.82) is 0 Å². The highest BCUT2D eigenvalue weighted by molar-refractivity contribution is 9.10. The normalized spacial score (nSPS) is 13.0. The Morgan fingerprint density at radius 1 is 1.33 bits per heavy atom. The van der Waals surface area contributed by atoms with Gasteiger partial charge in [-0.15, -0.1) is 0 Å². The van der Waals surface area contributed by atoms with E-state index in [1.807, 2.05) is 0 Å². The van der Waals surface area contributed by atoms with E-state index in [2.05, 4.69) is 72.2 Å². The van der Waals surface area contributed by atoms with Crippen LogP contribution in [0.5, 0.6) is 0 Å². The zero-order valence-electron chi connectivity index (χ0n) is 12.0. The van der Waals surface area contributed by atoms with Gasteiger partial charge in [-0.2, -0.15) is 0 Å². The minimum absolute atomic E-state index is 0.623. The van der Waals surface area contributed by atoms with E-state index in [1.165, 1.54) is 22.0 Å². The predicted octanol–water partition coefficient (Wildman–Crippen LogP) is 3.79. The summed E-state index contributed by atoms with van der Waals surface area (Å²) in [5.41, 5.74) is 2.69. The lowest BCUT2D eigenvalue weighted by molar-refractivity contribution is 0.243. The van der Waals surface area contributed by atoms with Crippen molar-refractivity contribution in [2.75, 3.05) is 13.6 Å². The molecule has 2 nitrogen and oxygen atoms in total. The Kier molecular flexibility index (Phi) is 6.90. The monoisotopic (exact) mass is 312 g/mol. The molecule has 18 heavy (non-hydrogen) atoms. The lowest BCUT2D eigenvalue weighted by Gasteiger charge is -2.24. The highest BCUT2D eigenvalue weighted by Crippen LogP contribution is 2.21. The van der Waals surface area contributed by atoms with Crippen molar-refractivity contribution >= 4 is 15.9 Å². The molecule has 1 atom stereocenters. The van der Waals surface area contributed by atoms with Crippen LogP contribution in [0.2, 0.25) is 0 Å². The van der Waals surface area contributed by atoms with Crippen LogP contribution in [0.1, 0.15) is 38.3 Å². The molecule has 0 saturated carbocycles. The number of halogens is 1. The second-order valence-corrected chi connectivity index (χ2v) is 5.73. The molecular weight excluding hydrogens is 288 g/mol. The van der Waals surface area contributed by atoms with Crippen LogP contribution in [0.25, 0.3) is 0 Å². The van der Waals surface area contributed by atoms with Crippen LogP contribution < -0.4 is 5.32 Å². The van der Waals surface area contributed by atoms with Gasteiger partial charge in [-0.25, -0.2) is 0 Å². The van der Waals surface area contributed by atoms with Crippen LogP contribution in [0.15, 0.2) is 22.7 Å². The predicted molar refractivity (Wildman–Crippen MR) is 82.7 cm³/mol. The second kappa shape index (κ2) is 7.93. The van der Waals surface area contributed by atoms with Crippen molar-refractivity contribution in [3.8, 4) is 0 Å². The molecule has 1 aromatic rings. The summed E-state index contributed by atoms with van der Waals surface area (Å²) in [4.78, 5) is 2.39. The van der Waals surface area contributed by atoms with E-state index >= 15 is 0 Å². The third-order valence-corrected chi connectivity index (χ3v) is 4.20. The Morgan fingerprint density at radius 2 is 2.06 bits per heavy atom. The summed E-state index contributed by atoms with van der Waals surface area (Å²) in [6.45, 7) is 9.58. The molecule has 0 radical (unpaired) electrons. The smallest absolute Gasteiger partial charge is 0.0244 e. The molecule has 0 heterocycles. The second-order valence-electron chi connectivity index (χ2n) is 4.88. The van der Waals surface area contributed by atoms with Gasteiger partial charge in [0.2, 0.25) is 0 Å². The van der Waals surface area contributed by atoms with E-state index in [9.17, 15) is 0 Å². The fraction of sp³-hybridized carbons (Fsp3) is 0.600. The van der Waals surface area contributed by atoms with E-state index in [4.69, 9.17) is 0 Å². The first-order valence-electron chi connectivity index (χ1n) is 6.76. The molecule has 1 N–H and O–H groups in total. The minimum atomic E-state index is 0.623. The summed E-state index contributed by atoms with van der Waals surface area (Å²) in [5, 5.41) is 3.35. The Morgan fingerprint density at radius 3 is 2.61 bits per heavy atom. The quantitative estimate of drug-likeness (QED) is 0.824. The van der Waals surface area contributed by atoms with Gasteiger partial charge in [-0.3, -0.25) is 4.90 Å². The first-order valence-corrected chi connectivity index (χ1v) is 7.56. The zero-order chi connectivity index (χ0) is 13.5. The van der Waals surface area contributed by atoms with Gasteiger partial charge < -0.3 is 5.32 Å². The van der Waals surface area contributed by atoms with Gasteiger partial charge in [0, 0.05) is 23.6 Å². The fourth-order valence-corrected chi connectivity index (χ4v) is 2.39. The standard InChI is InChI=1S/C15H25BrN2/c1-5-12(3)18(4)11-14-8-7-13(9-15(14)16)10-17-6-2/h7-9,12,17H,5-6,10-11H2,1-4H3. The van der Waals surface area contributed by atoms with Gasteiger partial charge in [0.05, 0.1) is 0 Å². The molecule has 0 aliphatic carbocycles. The molecule has 1 rings (SSSR count). The van der Waals surface area contributed by atoms with Crippen molar-refractivity contribution < 1.29 is 0 Å². The van der Waals surface area contributed by atoms with Gasteiger partial charge in [-0.1, -0.05) is 41.9 Å². The van der Waals surface area contributed by atoms with Crippen LogP contribution in [-0.2, 0) is 13.1 Å². The van der Waals surface area contributed by atoms with Gasteiger partial charge in [-0.05, 0) is 44.1 Å². The molecule has 0 aliphatic heterocycles. The lowest BCUT2D eigenvalue weighted by Crippen LogP contribution is -2.27. The molecular formula is C15H25BrN2. The zero-order valence-corrected chi connectivity index (χ0v) is 13.5. The Bertz CT molecular complexity index is 366. The summed E-state index contributed by atoms with van der Waals surface area (Å²) in [6, 6.07) is 7.30. The highest BCUT2D eigenvalue weighted by atomic mass is 79.9. The summed E-state index contributed by atoms with van der Waals surface area (Å²) in [6.07, 6.45) is 1.19. The fourth-order valence-electron chi connectivity index (χ4n) is 1.83. The molecule has 0 amide bonds. The maximum Gasteiger partial charge on any atom is 0.0244 e. The highest BCUT2D eigenvalue weighted by Gasteiger charge is 2.09. The van der Waals surface area contributed by atoms with Crippen LogP contribution >= 0.6 is 15.9 Å². The Labute approximate surface area is 120 Å². The number of hydrogen-bond acceptors (Lipinski definition) is 2. The maximum absolute atomic E-state index is 3.68. The van der Waals surface area contributed by atoms with Crippen molar-refractivity contribution in [2.24, 2.45) is 0 Å². The number of nitrogens with one attached hydrogen (secondary N) is 1. The average Bonchev–Trinajstić information content (AvgIpc) is 2.38. The largest absolute Gasteiger partial charge is 0.313 e. The van der Waals surface area contributed by atoms with E-state index < -0.39 is 0 Å². The molecule has 0 fully saturated rings. The van der Waals surface area contributed by atoms with E-state index in [1.54, 1.807) is 0 Å². The summed E-state index contributed by atoms with van der Waals surface area (Å²) in [7, 11) is 2.19. The van der Waals surface area contributed by atoms with Crippen molar-refractivity contribution in [3.63, 3.8) is 0 Å². The third-order valence-electron chi connectivity index (χ3n) is 3.46. The van der Waals surface area contributed by atoms with Crippen LogP contribution in [0.3, 0.4) is 0 Å². The minimum Gasteiger partial charge on any atom is -0.313 e. The molecule has 0 spiro atoms. The van der Waals surface area contributed by atoms with E-state index in [0.717, 1.165) is 19.6 Å². The first kappa shape index (κ1) is 15.7. The topological polar surface area (TPSA) is 15.3 Å². The lowest BCUT2D eigenvalue weighted by atomic mass is 10.1. The SMILES string of the molecule is CCNCc1ccc(CN(C)C(C)CC)c(Br)c1. The summed E-state index contributed by atoms with van der Waals surface area (Å²) >= 11 is 3.68. The first-order chi connectivity index (χ1) is 8.58. The number of hydrogen-bond donors (Lipinski definition) is 1. The van der Waals surface area contributed by atoms with E-state index in [-0.39, 0.29) is 0 Å². The molecule has 3 heteroatoms. The average molecular weight is 313 g/mol. The van der Waals surface area contributed by atoms with Gasteiger partial charge in [0.25, 0.3) is 0 Å². The molecule has 0 bridgehead atoms. The van der Waals surface area contributed by atoms with Gasteiger partial charge >= 0.3 is 0 Å². The number of nitrogens with zero attached hydrogens (tertiary/aromatic N) is 1. The number of rotatable bonds is 7. The van der Waals surface area contributed by atoms with Crippen molar-refractivity contribution in [3.05, 3.63) is 33.8 Å². The molecule has 1 unspecified atom stereocenters. The molecule has 0 saturated heterocycles. The van der Waals surface area contributed by atoms with Crippen LogP contribution in [0, 0.1) is 0 Å². The van der Waals surface area contributed by atoms with Crippen molar-refractivity contribution in [1.82, 2.24) is 10.2 Å². The van der Waals surface area contributed by atoms with E-state index in [0.29, 0.717) is 6.04 Å². The van der Waals surface area contributed by atoms with Crippen LogP contribution in [0.4, 0.5) is 0 Å². The molecule has 0 aliphatic rings. The number of benzene rings is 1. The Hall–Kier alpha value is -0.380. The molecule has 0 aromatic heterocycles. The molecule has 102 valence electrons. The maximum atomic E-state index is 3.68. The summed E-state index contributed by atoms with van der Waals surface area (Å²) in [5.74, 6) is 0. The third kappa shape index (κ3) is 4.71. The van der Waals surface area contributed by atoms with Gasteiger partial charge in [0.1, 0.15) is 0 Å².